The predicted octanol–water partition coefficient (Wildman–Crippen LogP) is 3.13. The molecule has 0 radical (unpaired) electrons. The molecule has 0 aliphatic rings. The van der Waals surface area contributed by atoms with E-state index in [9.17, 15) is 4.79 Å². The number of hydrogen-bond donors (Lipinski definition) is 1. The smallest absolute Gasteiger partial charge is 0.307 e. The number of aliphatic carboxylic acids is 1. The first-order valence-corrected chi connectivity index (χ1v) is 6.60. The highest BCUT2D eigenvalue weighted by Gasteiger charge is 2.09. The van der Waals surface area contributed by atoms with Gasteiger partial charge < -0.3 is 5.11 Å². The lowest BCUT2D eigenvalue weighted by Gasteiger charge is -2.05. The lowest BCUT2D eigenvalue weighted by molar-refractivity contribution is -0.136. The molecule has 0 amide bonds. The van der Waals surface area contributed by atoms with Gasteiger partial charge in [-0.2, -0.15) is 0 Å². The maximum absolute atomic E-state index is 10.5. The van der Waals surface area contributed by atoms with Crippen LogP contribution in [-0.4, -0.2) is 11.1 Å². The standard InChI is InChI=1S/C8H5I3O2/c9-5-2-1-4(3-6(12)13)7(10)8(5)11/h1-2H,3H2,(H,12,13). The Kier molecular flexibility index (Phi) is 4.69. The summed E-state index contributed by atoms with van der Waals surface area (Å²) in [6, 6.07) is 3.82. The molecule has 70 valence electrons. The first-order valence-electron chi connectivity index (χ1n) is 3.36. The van der Waals surface area contributed by atoms with E-state index in [0.717, 1.165) is 16.3 Å². The molecule has 0 atom stereocenters. The fourth-order valence-electron chi connectivity index (χ4n) is 0.865. The van der Waals surface area contributed by atoms with Gasteiger partial charge in [0.05, 0.1) is 6.42 Å². The first-order chi connectivity index (χ1) is 6.02. The van der Waals surface area contributed by atoms with Crippen molar-refractivity contribution in [2.24, 2.45) is 0 Å². The number of carboxylic acid groups (broad SMARTS) is 1. The molecule has 0 aromatic heterocycles. The van der Waals surface area contributed by atoms with Gasteiger partial charge >= 0.3 is 5.97 Å². The normalized spacial score (nSPS) is 10.1. The quantitative estimate of drug-likeness (QED) is 0.487. The maximum Gasteiger partial charge on any atom is 0.307 e. The van der Waals surface area contributed by atoms with E-state index in [1.807, 2.05) is 12.1 Å². The van der Waals surface area contributed by atoms with Crippen LogP contribution in [0.4, 0.5) is 0 Å². The summed E-state index contributed by atoms with van der Waals surface area (Å²) in [6.45, 7) is 0. The maximum atomic E-state index is 10.5. The van der Waals surface area contributed by atoms with E-state index in [2.05, 4.69) is 67.8 Å². The van der Waals surface area contributed by atoms with Crippen molar-refractivity contribution in [3.63, 3.8) is 0 Å². The van der Waals surface area contributed by atoms with E-state index in [1.165, 1.54) is 0 Å². The van der Waals surface area contributed by atoms with Crippen molar-refractivity contribution < 1.29 is 9.90 Å². The SMILES string of the molecule is O=C(O)Cc1ccc(I)c(I)c1I. The Balaban J connectivity index is 3.10. The largest absolute Gasteiger partial charge is 0.481 e. The van der Waals surface area contributed by atoms with Gasteiger partial charge in [-0.3, -0.25) is 4.79 Å². The number of hydrogen-bond acceptors (Lipinski definition) is 1. The fourth-order valence-corrected chi connectivity index (χ4v) is 3.02. The Morgan fingerprint density at radius 2 is 1.85 bits per heavy atom. The molecule has 0 saturated heterocycles. The summed E-state index contributed by atoms with van der Waals surface area (Å²) in [7, 11) is 0. The molecule has 13 heavy (non-hydrogen) atoms. The molecule has 5 heteroatoms. The minimum Gasteiger partial charge on any atom is -0.481 e. The number of carboxylic acids is 1. The van der Waals surface area contributed by atoms with Gasteiger partial charge in [0.25, 0.3) is 0 Å². The Morgan fingerprint density at radius 3 is 2.38 bits per heavy atom. The second kappa shape index (κ2) is 5.10. The molecule has 1 aromatic rings. The highest BCUT2D eigenvalue weighted by molar-refractivity contribution is 14.1. The molecule has 1 rings (SSSR count). The molecule has 0 fully saturated rings. The Hall–Kier alpha value is 0.880. The zero-order valence-electron chi connectivity index (χ0n) is 6.35. The third-order valence-corrected chi connectivity index (χ3v) is 6.77. The molecule has 0 heterocycles. The average molecular weight is 514 g/mol. The predicted molar refractivity (Wildman–Crippen MR) is 75.9 cm³/mol. The molecule has 1 N–H and O–H groups in total. The Bertz CT molecular complexity index is 349. The summed E-state index contributed by atoms with van der Waals surface area (Å²) in [5, 5.41) is 8.64. The van der Waals surface area contributed by atoms with Crippen LogP contribution in [0.2, 0.25) is 0 Å². The molecule has 0 unspecified atom stereocenters. The molecular weight excluding hydrogens is 509 g/mol. The van der Waals surface area contributed by atoms with Crippen molar-refractivity contribution in [3.8, 4) is 0 Å². The van der Waals surface area contributed by atoms with E-state index in [0.29, 0.717) is 0 Å². The monoisotopic (exact) mass is 514 g/mol. The van der Waals surface area contributed by atoms with Crippen LogP contribution in [0.25, 0.3) is 0 Å². The topological polar surface area (TPSA) is 37.3 Å². The molecule has 0 spiro atoms. The first kappa shape index (κ1) is 12.0. The van der Waals surface area contributed by atoms with E-state index >= 15 is 0 Å². The van der Waals surface area contributed by atoms with E-state index in [-0.39, 0.29) is 6.42 Å². The zero-order chi connectivity index (χ0) is 10.0. The van der Waals surface area contributed by atoms with Gasteiger partial charge in [-0.15, -0.1) is 0 Å². The van der Waals surface area contributed by atoms with Gasteiger partial charge in [0.15, 0.2) is 0 Å². The lowest BCUT2D eigenvalue weighted by atomic mass is 10.2. The highest BCUT2D eigenvalue weighted by atomic mass is 127. The molecule has 0 aliphatic carbocycles. The zero-order valence-corrected chi connectivity index (χ0v) is 12.8. The van der Waals surface area contributed by atoms with Crippen molar-refractivity contribution >= 4 is 73.7 Å². The highest BCUT2D eigenvalue weighted by Crippen LogP contribution is 2.24. The van der Waals surface area contributed by atoms with Crippen molar-refractivity contribution in [2.45, 2.75) is 6.42 Å². The van der Waals surface area contributed by atoms with Gasteiger partial charge in [0, 0.05) is 10.7 Å². The average Bonchev–Trinajstić information content (AvgIpc) is 2.06. The van der Waals surface area contributed by atoms with E-state index < -0.39 is 5.97 Å². The summed E-state index contributed by atoms with van der Waals surface area (Å²) in [5.41, 5.74) is 0.887. The number of rotatable bonds is 2. The Labute approximate surface area is 117 Å². The van der Waals surface area contributed by atoms with Crippen LogP contribution < -0.4 is 0 Å². The van der Waals surface area contributed by atoms with Crippen LogP contribution in [-0.2, 0) is 11.2 Å². The van der Waals surface area contributed by atoms with Crippen LogP contribution in [0, 0.1) is 10.7 Å². The van der Waals surface area contributed by atoms with Gasteiger partial charge in [-0.1, -0.05) is 6.07 Å². The van der Waals surface area contributed by atoms with Gasteiger partial charge in [-0.25, -0.2) is 0 Å². The second-order valence-corrected chi connectivity index (χ2v) is 5.72. The third-order valence-electron chi connectivity index (χ3n) is 1.46. The van der Waals surface area contributed by atoms with Crippen molar-refractivity contribution in [1.82, 2.24) is 0 Å². The Morgan fingerprint density at radius 1 is 1.23 bits per heavy atom. The minimum absolute atomic E-state index is 0.102. The summed E-state index contributed by atoms with van der Waals surface area (Å²) in [4.78, 5) is 10.5. The third kappa shape index (κ3) is 3.18. The van der Waals surface area contributed by atoms with Gasteiger partial charge in [-0.05, 0) is 79.4 Å². The van der Waals surface area contributed by atoms with Crippen LogP contribution in [0.3, 0.4) is 0 Å². The van der Waals surface area contributed by atoms with Crippen LogP contribution in [0.1, 0.15) is 5.56 Å². The molecule has 0 saturated carbocycles. The van der Waals surface area contributed by atoms with Crippen molar-refractivity contribution in [2.75, 3.05) is 0 Å². The fraction of sp³-hybridized carbons (Fsp3) is 0.125. The van der Waals surface area contributed by atoms with Gasteiger partial charge in [0.2, 0.25) is 0 Å². The minimum atomic E-state index is -0.782. The van der Waals surface area contributed by atoms with Crippen molar-refractivity contribution in [1.29, 1.82) is 0 Å². The molecule has 0 bridgehead atoms. The number of halogens is 3. The summed E-state index contributed by atoms with van der Waals surface area (Å²) < 4.78 is 3.35. The van der Waals surface area contributed by atoms with Crippen LogP contribution in [0.15, 0.2) is 12.1 Å². The number of benzene rings is 1. The molecule has 0 aliphatic heterocycles. The van der Waals surface area contributed by atoms with E-state index in [4.69, 9.17) is 5.11 Å². The van der Waals surface area contributed by atoms with Crippen molar-refractivity contribution in [3.05, 3.63) is 28.4 Å². The summed E-state index contributed by atoms with van der Waals surface area (Å²) >= 11 is 6.66. The van der Waals surface area contributed by atoms with Gasteiger partial charge in [0.1, 0.15) is 0 Å². The molecular formula is C8H5I3O2. The summed E-state index contributed by atoms with van der Waals surface area (Å²) in [5.74, 6) is -0.782. The molecule has 2 nitrogen and oxygen atoms in total. The van der Waals surface area contributed by atoms with Crippen LogP contribution >= 0.6 is 67.8 Å². The number of carbonyl (C=O) groups is 1. The van der Waals surface area contributed by atoms with Crippen LogP contribution in [0.5, 0.6) is 0 Å². The van der Waals surface area contributed by atoms with E-state index in [1.54, 1.807) is 0 Å². The second-order valence-electron chi connectivity index (χ2n) is 2.40. The molecule has 1 aromatic carbocycles. The summed E-state index contributed by atoms with van der Waals surface area (Å²) in [6.07, 6.45) is 0.102. The lowest BCUT2D eigenvalue weighted by Crippen LogP contribution is -2.03.